The predicted molar refractivity (Wildman–Crippen MR) is 89.9 cm³/mol. The molecule has 0 aromatic heterocycles. The van der Waals surface area contributed by atoms with E-state index in [4.69, 9.17) is 15.2 Å². The molecule has 3 aliphatic rings. The van der Waals surface area contributed by atoms with Crippen molar-refractivity contribution in [3.63, 3.8) is 0 Å². The van der Waals surface area contributed by atoms with Crippen molar-refractivity contribution in [2.24, 2.45) is 23.5 Å². The minimum absolute atomic E-state index is 0.0467. The molecule has 4 heteroatoms. The van der Waals surface area contributed by atoms with E-state index in [-0.39, 0.29) is 18.2 Å². The number of esters is 1. The Hall–Kier alpha value is -0.610. The van der Waals surface area contributed by atoms with Gasteiger partial charge in [-0.05, 0) is 56.8 Å². The van der Waals surface area contributed by atoms with Crippen LogP contribution in [0.2, 0.25) is 0 Å². The van der Waals surface area contributed by atoms with Gasteiger partial charge in [-0.1, -0.05) is 32.1 Å². The second-order valence-corrected chi connectivity index (χ2v) is 8.07. The van der Waals surface area contributed by atoms with Crippen LogP contribution in [0.3, 0.4) is 0 Å². The van der Waals surface area contributed by atoms with E-state index < -0.39 is 6.04 Å². The highest BCUT2D eigenvalue weighted by Crippen LogP contribution is 2.37. The third-order valence-corrected chi connectivity index (χ3v) is 5.95. The summed E-state index contributed by atoms with van der Waals surface area (Å²) in [5, 5.41) is 0. The van der Waals surface area contributed by atoms with Gasteiger partial charge in [0.05, 0.1) is 6.10 Å². The summed E-state index contributed by atoms with van der Waals surface area (Å²) in [7, 11) is 0. The molecule has 1 aliphatic heterocycles. The van der Waals surface area contributed by atoms with Crippen molar-refractivity contribution < 1.29 is 14.3 Å². The Balaban J connectivity index is 1.67. The summed E-state index contributed by atoms with van der Waals surface area (Å²) in [5.41, 5.74) is 5.95. The lowest BCUT2D eigenvalue weighted by atomic mass is 9.84. The lowest BCUT2D eigenvalue weighted by molar-refractivity contribution is -0.160. The molecule has 1 saturated heterocycles. The number of rotatable bonds is 5. The summed E-state index contributed by atoms with van der Waals surface area (Å²) in [6.45, 7) is 2.83. The fourth-order valence-electron chi connectivity index (χ4n) is 4.33. The molecule has 132 valence electrons. The average Bonchev–Trinajstić information content (AvgIpc) is 3.20. The topological polar surface area (TPSA) is 61.5 Å². The molecule has 4 atom stereocenters. The maximum atomic E-state index is 12.1. The van der Waals surface area contributed by atoms with Crippen molar-refractivity contribution in [2.45, 2.75) is 89.4 Å². The van der Waals surface area contributed by atoms with Gasteiger partial charge in [-0.2, -0.15) is 0 Å². The van der Waals surface area contributed by atoms with E-state index in [0.717, 1.165) is 37.7 Å². The van der Waals surface area contributed by atoms with E-state index in [1.807, 2.05) is 6.92 Å². The molecular formula is C19H33NO3. The molecule has 2 N–H and O–H groups in total. The van der Waals surface area contributed by atoms with Crippen LogP contribution in [0.4, 0.5) is 0 Å². The first-order valence-electron chi connectivity index (χ1n) is 9.71. The van der Waals surface area contributed by atoms with E-state index in [2.05, 4.69) is 0 Å². The smallest absolute Gasteiger partial charge is 0.323 e. The van der Waals surface area contributed by atoms with Crippen LogP contribution >= 0.6 is 0 Å². The van der Waals surface area contributed by atoms with Crippen LogP contribution in [-0.4, -0.2) is 30.8 Å². The van der Waals surface area contributed by atoms with E-state index in [9.17, 15) is 4.79 Å². The zero-order valence-corrected chi connectivity index (χ0v) is 14.5. The molecular weight excluding hydrogens is 290 g/mol. The van der Waals surface area contributed by atoms with Crippen molar-refractivity contribution in [3.05, 3.63) is 0 Å². The molecule has 23 heavy (non-hydrogen) atoms. The fourth-order valence-corrected chi connectivity index (χ4v) is 4.33. The van der Waals surface area contributed by atoms with Gasteiger partial charge in [-0.25, -0.2) is 0 Å². The van der Waals surface area contributed by atoms with E-state index in [0.29, 0.717) is 5.92 Å². The van der Waals surface area contributed by atoms with Gasteiger partial charge in [-0.15, -0.1) is 0 Å². The van der Waals surface area contributed by atoms with Gasteiger partial charge >= 0.3 is 5.97 Å². The molecule has 0 aromatic carbocycles. The maximum absolute atomic E-state index is 12.1. The number of hydrogen-bond donors (Lipinski definition) is 1. The third kappa shape index (κ3) is 4.93. The number of nitrogens with two attached hydrogens (primary N) is 1. The molecule has 3 fully saturated rings. The molecule has 3 rings (SSSR count). The van der Waals surface area contributed by atoms with Crippen LogP contribution in [-0.2, 0) is 14.3 Å². The first kappa shape index (κ1) is 17.2. The Labute approximate surface area is 140 Å². The molecule has 1 heterocycles. The van der Waals surface area contributed by atoms with Crippen molar-refractivity contribution in [1.29, 1.82) is 0 Å². The quantitative estimate of drug-likeness (QED) is 0.788. The van der Waals surface area contributed by atoms with Crippen LogP contribution in [0.15, 0.2) is 0 Å². The van der Waals surface area contributed by atoms with Gasteiger partial charge in [0.15, 0.2) is 0 Å². The largest absolute Gasteiger partial charge is 0.459 e. The van der Waals surface area contributed by atoms with Gasteiger partial charge < -0.3 is 15.2 Å². The summed E-state index contributed by atoms with van der Waals surface area (Å²) in [6.07, 6.45) is 12.0. The van der Waals surface area contributed by atoms with Crippen LogP contribution in [0.1, 0.15) is 71.1 Å². The number of carbonyl (C=O) groups excluding carboxylic acids is 1. The Morgan fingerprint density at radius 1 is 1.04 bits per heavy atom. The minimum atomic E-state index is -0.466. The minimum Gasteiger partial charge on any atom is -0.459 e. The molecule has 0 radical (unpaired) electrons. The molecule has 0 amide bonds. The molecule has 0 aromatic rings. The highest BCUT2D eigenvalue weighted by atomic mass is 16.6. The number of hydrogen-bond acceptors (Lipinski definition) is 4. The highest BCUT2D eigenvalue weighted by Gasteiger charge is 2.36. The standard InChI is InChI=1S/C19H33NO3/c1-13-18(22-12-15-9-10-15)16(11-14-5-2-3-6-14)7-4-8-17(20)19(21)23-13/h13-18H,2-12,20H2,1H3. The van der Waals surface area contributed by atoms with E-state index in [1.54, 1.807) is 0 Å². The predicted octanol–water partition coefficient (Wildman–Crippen LogP) is 3.42. The maximum Gasteiger partial charge on any atom is 0.323 e. The van der Waals surface area contributed by atoms with Gasteiger partial charge in [0.1, 0.15) is 12.1 Å². The van der Waals surface area contributed by atoms with Crippen molar-refractivity contribution in [1.82, 2.24) is 0 Å². The van der Waals surface area contributed by atoms with Crippen LogP contribution < -0.4 is 5.73 Å². The zero-order valence-electron chi connectivity index (χ0n) is 14.5. The van der Waals surface area contributed by atoms with Gasteiger partial charge in [0.2, 0.25) is 0 Å². The van der Waals surface area contributed by atoms with Gasteiger partial charge in [0, 0.05) is 6.61 Å². The highest BCUT2D eigenvalue weighted by molar-refractivity contribution is 5.75. The van der Waals surface area contributed by atoms with Crippen molar-refractivity contribution in [3.8, 4) is 0 Å². The lowest BCUT2D eigenvalue weighted by Crippen LogP contribution is -2.40. The SMILES string of the molecule is CC1OC(=O)C(N)CCCC(CC2CCCC2)C1OCC1CC1. The first-order chi connectivity index (χ1) is 11.1. The zero-order chi connectivity index (χ0) is 16.2. The Morgan fingerprint density at radius 3 is 2.48 bits per heavy atom. The third-order valence-electron chi connectivity index (χ3n) is 5.95. The molecule has 0 bridgehead atoms. The van der Waals surface area contributed by atoms with Gasteiger partial charge in [0.25, 0.3) is 0 Å². The van der Waals surface area contributed by atoms with Crippen molar-refractivity contribution >= 4 is 5.97 Å². The molecule has 4 nitrogen and oxygen atoms in total. The molecule has 2 aliphatic carbocycles. The summed E-state index contributed by atoms with van der Waals surface area (Å²) in [4.78, 5) is 12.1. The molecule has 0 spiro atoms. The molecule has 4 unspecified atom stereocenters. The summed E-state index contributed by atoms with van der Waals surface area (Å²) in [6, 6.07) is -0.466. The summed E-state index contributed by atoms with van der Waals surface area (Å²) >= 11 is 0. The Kier molecular flexibility index (Phi) is 5.97. The summed E-state index contributed by atoms with van der Waals surface area (Å²) < 4.78 is 12.0. The van der Waals surface area contributed by atoms with E-state index >= 15 is 0 Å². The second kappa shape index (κ2) is 7.98. The lowest BCUT2D eigenvalue weighted by Gasteiger charge is -2.32. The van der Waals surface area contributed by atoms with Gasteiger partial charge in [-0.3, -0.25) is 4.79 Å². The van der Waals surface area contributed by atoms with Crippen LogP contribution in [0.25, 0.3) is 0 Å². The number of ether oxygens (including phenoxy) is 2. The monoisotopic (exact) mass is 323 g/mol. The van der Waals surface area contributed by atoms with E-state index in [1.165, 1.54) is 44.9 Å². The van der Waals surface area contributed by atoms with Crippen LogP contribution in [0.5, 0.6) is 0 Å². The summed E-state index contributed by atoms with van der Waals surface area (Å²) in [5.74, 6) is 1.83. The second-order valence-electron chi connectivity index (χ2n) is 8.07. The Morgan fingerprint density at radius 2 is 1.78 bits per heavy atom. The van der Waals surface area contributed by atoms with Crippen LogP contribution in [0, 0.1) is 17.8 Å². The Bertz CT molecular complexity index is 390. The number of carbonyl (C=O) groups is 1. The fraction of sp³-hybridized carbons (Fsp3) is 0.947. The number of cyclic esters (lactones) is 1. The molecule has 2 saturated carbocycles. The normalized spacial score (nSPS) is 37.0. The first-order valence-corrected chi connectivity index (χ1v) is 9.71. The van der Waals surface area contributed by atoms with Crippen molar-refractivity contribution in [2.75, 3.05) is 6.61 Å². The average molecular weight is 323 g/mol.